The number of aliphatic imine (C=N–C) groups is 1. The summed E-state index contributed by atoms with van der Waals surface area (Å²) in [5, 5.41) is 11.1. The van der Waals surface area contributed by atoms with Gasteiger partial charge in [0.05, 0.1) is 6.20 Å². The second kappa shape index (κ2) is 7.13. The molecule has 1 saturated heterocycles. The Balaban J connectivity index is 1.44. The standard InChI is InChI=1S/C16H28N6/c1-17-16(18-9-13-10-19-21(2)11-13)20-14-7-8-22(12-14)15-5-3-4-6-15/h10-11,14-15H,3-9,12H2,1-2H3,(H2,17,18,20). The van der Waals surface area contributed by atoms with Gasteiger partial charge in [-0.3, -0.25) is 14.6 Å². The van der Waals surface area contributed by atoms with Crippen molar-refractivity contribution >= 4 is 5.96 Å². The number of aromatic nitrogens is 2. The number of nitrogens with one attached hydrogen (secondary N) is 2. The molecule has 3 rings (SSSR count). The Hall–Kier alpha value is -1.56. The number of guanidine groups is 1. The van der Waals surface area contributed by atoms with Crippen LogP contribution in [-0.2, 0) is 13.6 Å². The average molecular weight is 304 g/mol. The lowest BCUT2D eigenvalue weighted by Gasteiger charge is -2.24. The van der Waals surface area contributed by atoms with E-state index in [2.05, 4.69) is 25.6 Å². The predicted molar refractivity (Wildman–Crippen MR) is 88.8 cm³/mol. The first-order chi connectivity index (χ1) is 10.7. The number of nitrogens with zero attached hydrogens (tertiary/aromatic N) is 4. The van der Waals surface area contributed by atoms with Crippen molar-refractivity contribution in [3.63, 3.8) is 0 Å². The Labute approximate surface area is 133 Å². The summed E-state index contributed by atoms with van der Waals surface area (Å²) in [4.78, 5) is 7.01. The maximum absolute atomic E-state index is 4.34. The zero-order valence-electron chi connectivity index (χ0n) is 13.8. The fourth-order valence-electron chi connectivity index (χ4n) is 3.64. The summed E-state index contributed by atoms with van der Waals surface area (Å²) in [5.41, 5.74) is 1.17. The maximum atomic E-state index is 4.34. The molecule has 0 spiro atoms. The van der Waals surface area contributed by atoms with Crippen LogP contribution in [0.5, 0.6) is 0 Å². The highest BCUT2D eigenvalue weighted by atomic mass is 15.3. The molecule has 2 N–H and O–H groups in total. The van der Waals surface area contributed by atoms with Crippen molar-refractivity contribution in [2.24, 2.45) is 12.0 Å². The summed E-state index contributed by atoms with van der Waals surface area (Å²) in [6.07, 6.45) is 10.7. The van der Waals surface area contributed by atoms with E-state index in [0.29, 0.717) is 6.04 Å². The molecule has 2 fully saturated rings. The maximum Gasteiger partial charge on any atom is 0.191 e. The Bertz CT molecular complexity index is 502. The van der Waals surface area contributed by atoms with Crippen LogP contribution in [0.3, 0.4) is 0 Å². The molecule has 0 amide bonds. The average Bonchev–Trinajstić information content (AvgIpc) is 3.24. The molecule has 2 aliphatic rings. The minimum Gasteiger partial charge on any atom is -0.352 e. The fraction of sp³-hybridized carbons (Fsp3) is 0.750. The summed E-state index contributed by atoms with van der Waals surface area (Å²) in [5.74, 6) is 0.891. The smallest absolute Gasteiger partial charge is 0.191 e. The van der Waals surface area contributed by atoms with E-state index in [4.69, 9.17) is 0 Å². The summed E-state index contributed by atoms with van der Waals surface area (Å²) in [6.45, 7) is 3.13. The van der Waals surface area contributed by atoms with Crippen LogP contribution in [0.4, 0.5) is 0 Å². The van der Waals surface area contributed by atoms with E-state index >= 15 is 0 Å². The van der Waals surface area contributed by atoms with Gasteiger partial charge in [0.2, 0.25) is 0 Å². The minimum absolute atomic E-state index is 0.515. The van der Waals surface area contributed by atoms with E-state index in [1.54, 1.807) is 0 Å². The van der Waals surface area contributed by atoms with Crippen LogP contribution in [0.1, 0.15) is 37.7 Å². The molecule has 122 valence electrons. The summed E-state index contributed by atoms with van der Waals surface area (Å²) in [7, 11) is 3.77. The van der Waals surface area contributed by atoms with E-state index in [9.17, 15) is 0 Å². The highest BCUT2D eigenvalue weighted by Crippen LogP contribution is 2.26. The number of hydrogen-bond acceptors (Lipinski definition) is 3. The SMILES string of the molecule is CN=C(NCc1cnn(C)c1)NC1CCN(C2CCCC2)C1. The molecule has 1 aromatic rings. The molecule has 0 bridgehead atoms. The molecule has 1 atom stereocenters. The predicted octanol–water partition coefficient (Wildman–Crippen LogP) is 1.10. The molecule has 22 heavy (non-hydrogen) atoms. The van der Waals surface area contributed by atoms with Gasteiger partial charge in [0.15, 0.2) is 5.96 Å². The van der Waals surface area contributed by atoms with Crippen molar-refractivity contribution in [3.8, 4) is 0 Å². The molecule has 2 heterocycles. The first kappa shape index (κ1) is 15.3. The molecule has 6 heteroatoms. The van der Waals surface area contributed by atoms with Crippen LogP contribution < -0.4 is 10.6 Å². The van der Waals surface area contributed by atoms with E-state index in [0.717, 1.165) is 25.1 Å². The van der Waals surface area contributed by atoms with E-state index in [1.165, 1.54) is 44.2 Å². The zero-order valence-corrected chi connectivity index (χ0v) is 13.8. The number of aryl methyl sites for hydroxylation is 1. The van der Waals surface area contributed by atoms with E-state index < -0.39 is 0 Å². The lowest BCUT2D eigenvalue weighted by Crippen LogP contribution is -2.45. The van der Waals surface area contributed by atoms with Crippen LogP contribution in [0.15, 0.2) is 17.4 Å². The Morgan fingerprint density at radius 1 is 1.36 bits per heavy atom. The van der Waals surface area contributed by atoms with E-state index in [-0.39, 0.29) is 0 Å². The van der Waals surface area contributed by atoms with Crippen LogP contribution in [0.2, 0.25) is 0 Å². The molecule has 1 saturated carbocycles. The summed E-state index contributed by atoms with van der Waals surface area (Å²) >= 11 is 0. The van der Waals surface area contributed by atoms with Gasteiger partial charge >= 0.3 is 0 Å². The van der Waals surface area contributed by atoms with E-state index in [1.807, 2.05) is 31.2 Å². The zero-order chi connectivity index (χ0) is 15.4. The fourth-order valence-corrected chi connectivity index (χ4v) is 3.64. The second-order valence-corrected chi connectivity index (χ2v) is 6.51. The molecule has 1 unspecified atom stereocenters. The topological polar surface area (TPSA) is 57.5 Å². The number of likely N-dealkylation sites (tertiary alicyclic amines) is 1. The van der Waals surface area contributed by atoms with Gasteiger partial charge in [-0.25, -0.2) is 0 Å². The molecular formula is C16H28N6. The third-order valence-corrected chi connectivity index (χ3v) is 4.84. The molecule has 0 aromatic carbocycles. The van der Waals surface area contributed by atoms with Crippen molar-refractivity contribution in [1.29, 1.82) is 0 Å². The van der Waals surface area contributed by atoms with Gasteiger partial charge in [0.1, 0.15) is 0 Å². The lowest BCUT2D eigenvalue weighted by molar-refractivity contribution is 0.242. The highest BCUT2D eigenvalue weighted by Gasteiger charge is 2.30. The van der Waals surface area contributed by atoms with Crippen molar-refractivity contribution in [2.75, 3.05) is 20.1 Å². The Morgan fingerprint density at radius 2 is 2.18 bits per heavy atom. The van der Waals surface area contributed by atoms with Gasteiger partial charge in [-0.05, 0) is 19.3 Å². The number of hydrogen-bond donors (Lipinski definition) is 2. The van der Waals surface area contributed by atoms with Gasteiger partial charge in [-0.2, -0.15) is 5.10 Å². The molecular weight excluding hydrogens is 276 g/mol. The molecule has 6 nitrogen and oxygen atoms in total. The summed E-state index contributed by atoms with van der Waals surface area (Å²) < 4.78 is 1.82. The van der Waals surface area contributed by atoms with Crippen LogP contribution in [-0.4, -0.2) is 52.9 Å². The van der Waals surface area contributed by atoms with Gasteiger partial charge < -0.3 is 10.6 Å². The quantitative estimate of drug-likeness (QED) is 0.646. The monoisotopic (exact) mass is 304 g/mol. The lowest BCUT2D eigenvalue weighted by atomic mass is 10.2. The molecule has 1 aliphatic heterocycles. The van der Waals surface area contributed by atoms with Crippen molar-refractivity contribution in [3.05, 3.63) is 18.0 Å². The van der Waals surface area contributed by atoms with Crippen molar-refractivity contribution < 1.29 is 0 Å². The highest BCUT2D eigenvalue weighted by molar-refractivity contribution is 5.80. The second-order valence-electron chi connectivity index (χ2n) is 6.51. The van der Waals surface area contributed by atoms with Gasteiger partial charge in [0, 0.05) is 57.6 Å². The largest absolute Gasteiger partial charge is 0.352 e. The number of rotatable bonds is 4. The van der Waals surface area contributed by atoms with Crippen molar-refractivity contribution in [1.82, 2.24) is 25.3 Å². The van der Waals surface area contributed by atoms with Crippen molar-refractivity contribution in [2.45, 2.75) is 50.7 Å². The molecule has 1 aromatic heterocycles. The molecule has 1 aliphatic carbocycles. The normalized spacial score (nSPS) is 24.1. The Morgan fingerprint density at radius 3 is 2.86 bits per heavy atom. The van der Waals surface area contributed by atoms with Crippen LogP contribution in [0, 0.1) is 0 Å². The third-order valence-electron chi connectivity index (χ3n) is 4.84. The van der Waals surface area contributed by atoms with Gasteiger partial charge in [-0.15, -0.1) is 0 Å². The van der Waals surface area contributed by atoms with Crippen LogP contribution in [0.25, 0.3) is 0 Å². The van der Waals surface area contributed by atoms with Crippen LogP contribution >= 0.6 is 0 Å². The first-order valence-electron chi connectivity index (χ1n) is 8.43. The van der Waals surface area contributed by atoms with Gasteiger partial charge in [0.25, 0.3) is 0 Å². The molecule has 0 radical (unpaired) electrons. The minimum atomic E-state index is 0.515. The third kappa shape index (κ3) is 3.80. The summed E-state index contributed by atoms with van der Waals surface area (Å²) in [6, 6.07) is 1.35. The van der Waals surface area contributed by atoms with Gasteiger partial charge in [-0.1, -0.05) is 12.8 Å². The first-order valence-corrected chi connectivity index (χ1v) is 8.43. The Kier molecular flexibility index (Phi) is 4.97.